The lowest BCUT2D eigenvalue weighted by Gasteiger charge is -2.31. The van der Waals surface area contributed by atoms with Crippen LogP contribution in [-0.2, 0) is 4.79 Å². The molecule has 2 aliphatic rings. The highest BCUT2D eigenvalue weighted by atomic mass is 16.2. The topological polar surface area (TPSA) is 65.2 Å². The molecule has 37 heavy (non-hydrogen) atoms. The summed E-state index contributed by atoms with van der Waals surface area (Å²) in [6, 6.07) is 21.6. The second-order valence-corrected chi connectivity index (χ2v) is 10.8. The van der Waals surface area contributed by atoms with Gasteiger partial charge in [0.15, 0.2) is 0 Å². The number of hydrogen-bond acceptors (Lipinski definition) is 2. The Labute approximate surface area is 220 Å². The number of amides is 2. The summed E-state index contributed by atoms with van der Waals surface area (Å²) in [5.41, 5.74) is 4.48. The largest absolute Gasteiger partial charge is 0.352 e. The van der Waals surface area contributed by atoms with Crippen molar-refractivity contribution < 1.29 is 9.59 Å². The number of rotatable bonds is 7. The second-order valence-electron chi connectivity index (χ2n) is 10.8. The third kappa shape index (κ3) is 5.98. The molecule has 2 aromatic carbocycles. The van der Waals surface area contributed by atoms with E-state index < -0.39 is 6.04 Å². The van der Waals surface area contributed by atoms with E-state index in [-0.39, 0.29) is 17.9 Å². The van der Waals surface area contributed by atoms with Crippen LogP contribution in [-0.4, -0.2) is 28.9 Å². The molecule has 5 nitrogen and oxygen atoms in total. The second kappa shape index (κ2) is 11.8. The Kier molecular flexibility index (Phi) is 8.08. The lowest BCUT2D eigenvalue weighted by molar-refractivity contribution is -0.122. The van der Waals surface area contributed by atoms with Gasteiger partial charge in [-0.05, 0) is 73.9 Å². The zero-order valence-corrected chi connectivity index (χ0v) is 21.9. The maximum Gasteiger partial charge on any atom is 0.275 e. The zero-order chi connectivity index (χ0) is 25.6. The van der Waals surface area contributed by atoms with E-state index >= 15 is 0 Å². The van der Waals surface area contributed by atoms with Crippen molar-refractivity contribution in [2.75, 3.05) is 4.90 Å². The van der Waals surface area contributed by atoms with Gasteiger partial charge in [0.05, 0.1) is 0 Å². The van der Waals surface area contributed by atoms with Crippen molar-refractivity contribution in [3.05, 3.63) is 78.0 Å². The highest BCUT2D eigenvalue weighted by Gasteiger charge is 2.31. The van der Waals surface area contributed by atoms with Crippen molar-refractivity contribution in [1.29, 1.82) is 0 Å². The van der Waals surface area contributed by atoms with Gasteiger partial charge in [0, 0.05) is 17.4 Å². The van der Waals surface area contributed by atoms with Gasteiger partial charge in [-0.3, -0.25) is 14.5 Å². The molecule has 2 fully saturated rings. The molecular weight excluding hydrogens is 458 g/mol. The molecule has 1 heterocycles. The molecule has 5 heteroatoms. The maximum atomic E-state index is 13.9. The number of carbonyl (C=O) groups is 2. The van der Waals surface area contributed by atoms with E-state index in [4.69, 9.17) is 0 Å². The van der Waals surface area contributed by atoms with Gasteiger partial charge in [-0.1, -0.05) is 81.0 Å². The molecule has 0 radical (unpaired) electrons. The average molecular weight is 498 g/mol. The van der Waals surface area contributed by atoms with Crippen LogP contribution >= 0.6 is 0 Å². The van der Waals surface area contributed by atoms with Crippen LogP contribution in [0.3, 0.4) is 0 Å². The number of H-pyrrole nitrogens is 1. The Hall–Kier alpha value is -3.34. The lowest BCUT2D eigenvalue weighted by atomic mass is 9.84. The quantitative estimate of drug-likeness (QED) is 0.362. The molecule has 2 amide bonds. The van der Waals surface area contributed by atoms with Crippen LogP contribution in [0, 0.1) is 0 Å². The normalized spacial score (nSPS) is 17.8. The van der Waals surface area contributed by atoms with Crippen LogP contribution in [0.5, 0.6) is 0 Å². The SMILES string of the molecule is C[C@@H](C(=O)NC1CCCCC1)N(C(=O)c1ccc(-c2ccccc2)[nH]1)c1ccc(C2CCCCC2)cc1. The number of carbonyl (C=O) groups excluding carboxylic acids is 2. The molecule has 194 valence electrons. The van der Waals surface area contributed by atoms with Gasteiger partial charge in [-0.25, -0.2) is 0 Å². The summed E-state index contributed by atoms with van der Waals surface area (Å²) in [4.78, 5) is 32.3. The third-order valence-electron chi connectivity index (χ3n) is 8.19. The van der Waals surface area contributed by atoms with E-state index in [0.29, 0.717) is 11.6 Å². The molecule has 2 aliphatic carbocycles. The number of nitrogens with zero attached hydrogens (tertiary/aromatic N) is 1. The van der Waals surface area contributed by atoms with Crippen LogP contribution in [0.25, 0.3) is 11.3 Å². The highest BCUT2D eigenvalue weighted by molar-refractivity contribution is 6.09. The van der Waals surface area contributed by atoms with Gasteiger partial charge in [0.2, 0.25) is 5.91 Å². The first-order valence-corrected chi connectivity index (χ1v) is 14.1. The van der Waals surface area contributed by atoms with Gasteiger partial charge < -0.3 is 10.3 Å². The molecule has 0 unspecified atom stereocenters. The Balaban J connectivity index is 1.41. The molecule has 0 aliphatic heterocycles. The fourth-order valence-electron chi connectivity index (χ4n) is 5.98. The number of aromatic amines is 1. The molecular formula is C32H39N3O2. The first kappa shape index (κ1) is 25.3. The standard InChI is InChI=1S/C32H39N3O2/c1-23(31(36)33-27-15-9-4-10-16-27)35(28-19-17-25(18-20-28)24-11-5-2-6-12-24)32(37)30-22-21-29(34-30)26-13-7-3-8-14-26/h3,7-8,13-14,17-24,27,34H,2,4-6,9-12,15-16H2,1H3,(H,33,36)/t23-/m0/s1. The Morgan fingerprint density at radius 2 is 1.46 bits per heavy atom. The minimum atomic E-state index is -0.626. The van der Waals surface area contributed by atoms with Gasteiger partial charge in [0.1, 0.15) is 11.7 Å². The van der Waals surface area contributed by atoms with E-state index in [0.717, 1.165) is 42.6 Å². The minimum Gasteiger partial charge on any atom is -0.352 e. The zero-order valence-electron chi connectivity index (χ0n) is 21.9. The van der Waals surface area contributed by atoms with E-state index in [2.05, 4.69) is 22.4 Å². The minimum absolute atomic E-state index is 0.0913. The van der Waals surface area contributed by atoms with Gasteiger partial charge in [-0.2, -0.15) is 0 Å². The van der Waals surface area contributed by atoms with Crippen molar-refractivity contribution in [3.8, 4) is 11.3 Å². The molecule has 1 aromatic heterocycles. The van der Waals surface area contributed by atoms with E-state index in [1.54, 1.807) is 4.90 Å². The fraction of sp³-hybridized carbons (Fsp3) is 0.438. The van der Waals surface area contributed by atoms with Gasteiger partial charge in [-0.15, -0.1) is 0 Å². The molecule has 0 spiro atoms. The summed E-state index contributed by atoms with van der Waals surface area (Å²) in [7, 11) is 0. The number of aromatic nitrogens is 1. The molecule has 1 atom stereocenters. The summed E-state index contributed by atoms with van der Waals surface area (Å²) in [5.74, 6) is 0.307. The Morgan fingerprint density at radius 3 is 2.14 bits per heavy atom. The first-order chi connectivity index (χ1) is 18.1. The number of benzene rings is 2. The molecule has 2 saturated carbocycles. The number of nitrogens with one attached hydrogen (secondary N) is 2. The maximum absolute atomic E-state index is 13.9. The Bertz CT molecular complexity index is 1170. The van der Waals surface area contributed by atoms with Crippen molar-refractivity contribution in [2.45, 2.75) is 89.1 Å². The van der Waals surface area contributed by atoms with Gasteiger partial charge >= 0.3 is 0 Å². The summed E-state index contributed by atoms with van der Waals surface area (Å²) < 4.78 is 0. The highest BCUT2D eigenvalue weighted by Crippen LogP contribution is 2.34. The summed E-state index contributed by atoms with van der Waals surface area (Å²) in [5, 5.41) is 3.23. The van der Waals surface area contributed by atoms with Crippen LogP contribution in [0.15, 0.2) is 66.7 Å². The summed E-state index contributed by atoms with van der Waals surface area (Å²) >= 11 is 0. The monoisotopic (exact) mass is 497 g/mol. The van der Waals surface area contributed by atoms with E-state index in [1.165, 1.54) is 44.1 Å². The third-order valence-corrected chi connectivity index (χ3v) is 8.19. The molecule has 0 saturated heterocycles. The summed E-state index contributed by atoms with van der Waals surface area (Å²) in [6.45, 7) is 1.84. The van der Waals surface area contributed by atoms with Crippen LogP contribution in [0.1, 0.15) is 93.1 Å². The fourth-order valence-corrected chi connectivity index (χ4v) is 5.98. The summed E-state index contributed by atoms with van der Waals surface area (Å²) in [6.07, 6.45) is 11.9. The number of hydrogen-bond donors (Lipinski definition) is 2. The molecule has 0 bridgehead atoms. The molecule has 5 rings (SSSR count). The van der Waals surface area contributed by atoms with E-state index in [1.807, 2.05) is 61.5 Å². The van der Waals surface area contributed by atoms with Crippen LogP contribution < -0.4 is 10.2 Å². The van der Waals surface area contributed by atoms with Crippen LogP contribution in [0.2, 0.25) is 0 Å². The smallest absolute Gasteiger partial charge is 0.275 e. The van der Waals surface area contributed by atoms with E-state index in [9.17, 15) is 9.59 Å². The predicted molar refractivity (Wildman–Crippen MR) is 150 cm³/mol. The molecule has 2 N–H and O–H groups in total. The lowest BCUT2D eigenvalue weighted by Crippen LogP contribution is -2.51. The Morgan fingerprint density at radius 1 is 0.811 bits per heavy atom. The first-order valence-electron chi connectivity index (χ1n) is 14.1. The number of anilines is 1. The predicted octanol–water partition coefficient (Wildman–Crippen LogP) is 7.21. The average Bonchev–Trinajstić information content (AvgIpc) is 3.46. The van der Waals surface area contributed by atoms with Crippen molar-refractivity contribution in [1.82, 2.24) is 10.3 Å². The molecule has 3 aromatic rings. The van der Waals surface area contributed by atoms with Gasteiger partial charge in [0.25, 0.3) is 5.91 Å². The van der Waals surface area contributed by atoms with Crippen LogP contribution in [0.4, 0.5) is 5.69 Å². The van der Waals surface area contributed by atoms with Crippen molar-refractivity contribution >= 4 is 17.5 Å². The van der Waals surface area contributed by atoms with Crippen molar-refractivity contribution in [2.24, 2.45) is 0 Å². The van der Waals surface area contributed by atoms with Crippen molar-refractivity contribution in [3.63, 3.8) is 0 Å².